The zero-order chi connectivity index (χ0) is 20.3. The molecule has 0 spiro atoms. The molecule has 3 aromatic rings. The number of aromatic amines is 1. The summed E-state index contributed by atoms with van der Waals surface area (Å²) in [5.74, 6) is 0.796. The normalized spacial score (nSPS) is 18.3. The predicted octanol–water partition coefficient (Wildman–Crippen LogP) is 4.53. The highest BCUT2D eigenvalue weighted by molar-refractivity contribution is 5.99. The minimum absolute atomic E-state index is 0.0404. The van der Waals surface area contributed by atoms with Crippen LogP contribution in [0.4, 0.5) is 0 Å². The van der Waals surface area contributed by atoms with Crippen molar-refractivity contribution in [1.29, 1.82) is 0 Å². The van der Waals surface area contributed by atoms with Crippen LogP contribution in [0.2, 0.25) is 0 Å². The van der Waals surface area contributed by atoms with E-state index in [1.165, 1.54) is 29.5 Å². The predicted molar refractivity (Wildman–Crippen MR) is 117 cm³/mol. The van der Waals surface area contributed by atoms with Crippen molar-refractivity contribution >= 4 is 16.8 Å². The molecule has 5 nitrogen and oxygen atoms in total. The lowest BCUT2D eigenvalue weighted by Gasteiger charge is -2.12. The molecule has 1 unspecified atom stereocenters. The Balaban J connectivity index is 1.19. The van der Waals surface area contributed by atoms with Crippen molar-refractivity contribution in [3.63, 3.8) is 0 Å². The van der Waals surface area contributed by atoms with Gasteiger partial charge in [0.15, 0.2) is 0 Å². The topological polar surface area (TPSA) is 63.4 Å². The monoisotopic (exact) mass is 404 g/mol. The van der Waals surface area contributed by atoms with E-state index >= 15 is 0 Å². The lowest BCUT2D eigenvalue weighted by Crippen LogP contribution is -2.22. The Morgan fingerprint density at radius 2 is 1.97 bits per heavy atom. The fraction of sp³-hybridized carbons (Fsp3) is 0.400. The van der Waals surface area contributed by atoms with Crippen molar-refractivity contribution in [3.05, 3.63) is 64.8 Å². The van der Waals surface area contributed by atoms with Gasteiger partial charge < -0.3 is 19.8 Å². The summed E-state index contributed by atoms with van der Waals surface area (Å²) in [6, 6.07) is 13.9. The molecular weight excluding hydrogens is 376 g/mol. The van der Waals surface area contributed by atoms with Gasteiger partial charge in [-0.2, -0.15) is 0 Å². The number of rotatable bonds is 6. The molecule has 1 aromatic heterocycles. The summed E-state index contributed by atoms with van der Waals surface area (Å²) in [6.45, 7) is 1.93. The second-order valence-corrected chi connectivity index (χ2v) is 8.32. The summed E-state index contributed by atoms with van der Waals surface area (Å²) < 4.78 is 11.4. The first-order chi connectivity index (χ1) is 14.8. The Hall–Kier alpha value is -2.79. The van der Waals surface area contributed by atoms with E-state index in [4.69, 9.17) is 9.47 Å². The number of carbonyl (C=O) groups is 1. The molecule has 1 aliphatic heterocycles. The van der Waals surface area contributed by atoms with Crippen LogP contribution in [-0.4, -0.2) is 30.2 Å². The molecule has 156 valence electrons. The number of amides is 1. The maximum Gasteiger partial charge on any atom is 0.251 e. The van der Waals surface area contributed by atoms with Crippen LogP contribution in [0.5, 0.6) is 5.75 Å². The van der Waals surface area contributed by atoms with Gasteiger partial charge >= 0.3 is 0 Å². The van der Waals surface area contributed by atoms with E-state index in [0.29, 0.717) is 18.7 Å². The van der Waals surface area contributed by atoms with Gasteiger partial charge in [-0.3, -0.25) is 4.79 Å². The molecule has 1 fully saturated rings. The minimum atomic E-state index is -0.0404. The van der Waals surface area contributed by atoms with Gasteiger partial charge in [0, 0.05) is 35.3 Å². The third-order valence-corrected chi connectivity index (χ3v) is 6.20. The zero-order valence-corrected chi connectivity index (χ0v) is 17.2. The zero-order valence-electron chi connectivity index (χ0n) is 17.2. The standard InChI is InChI=1S/C25H28N2O3/c28-25(18-9-12-24-22(14-18)21-5-1-2-6-23(21)27-24)26-15-17-7-10-19(11-8-17)30-16-20-4-3-13-29-20/h7-12,14,20,27H,1-6,13,15-16H2,(H,26,28). The molecule has 1 atom stereocenters. The third-order valence-electron chi connectivity index (χ3n) is 6.20. The van der Waals surface area contributed by atoms with Crippen LogP contribution >= 0.6 is 0 Å². The first-order valence-electron chi connectivity index (χ1n) is 11.0. The second kappa shape index (κ2) is 8.52. The lowest BCUT2D eigenvalue weighted by molar-refractivity contribution is 0.0679. The fourth-order valence-electron chi connectivity index (χ4n) is 4.50. The van der Waals surface area contributed by atoms with Gasteiger partial charge in [0.2, 0.25) is 0 Å². The highest BCUT2D eigenvalue weighted by atomic mass is 16.5. The van der Waals surface area contributed by atoms with E-state index in [2.05, 4.69) is 10.3 Å². The highest BCUT2D eigenvalue weighted by Gasteiger charge is 2.17. The smallest absolute Gasteiger partial charge is 0.251 e. The van der Waals surface area contributed by atoms with Crippen molar-refractivity contribution in [1.82, 2.24) is 10.3 Å². The fourth-order valence-corrected chi connectivity index (χ4v) is 4.50. The maximum atomic E-state index is 12.7. The van der Waals surface area contributed by atoms with Gasteiger partial charge in [-0.15, -0.1) is 0 Å². The number of H-pyrrole nitrogens is 1. The van der Waals surface area contributed by atoms with E-state index in [1.54, 1.807) is 0 Å². The molecular formula is C25H28N2O3. The Bertz CT molecular complexity index is 1030. The summed E-state index contributed by atoms with van der Waals surface area (Å²) in [7, 11) is 0. The molecule has 2 aromatic carbocycles. The summed E-state index contributed by atoms with van der Waals surface area (Å²) in [4.78, 5) is 16.2. The molecule has 2 N–H and O–H groups in total. The second-order valence-electron chi connectivity index (χ2n) is 8.32. The van der Waals surface area contributed by atoms with Crippen LogP contribution in [0.1, 0.15) is 52.9 Å². The van der Waals surface area contributed by atoms with Crippen molar-refractivity contribution in [3.8, 4) is 5.75 Å². The third kappa shape index (κ3) is 4.08. The van der Waals surface area contributed by atoms with E-state index in [9.17, 15) is 4.79 Å². The molecule has 2 aliphatic rings. The number of aromatic nitrogens is 1. The number of aryl methyl sites for hydroxylation is 2. The number of hydrogen-bond donors (Lipinski definition) is 2. The van der Waals surface area contributed by atoms with E-state index < -0.39 is 0 Å². The summed E-state index contributed by atoms with van der Waals surface area (Å²) in [5, 5.41) is 4.24. The Morgan fingerprint density at radius 3 is 2.80 bits per heavy atom. The van der Waals surface area contributed by atoms with E-state index in [0.717, 1.165) is 49.1 Å². The quantitative estimate of drug-likeness (QED) is 0.634. The Morgan fingerprint density at radius 1 is 1.10 bits per heavy atom. The minimum Gasteiger partial charge on any atom is -0.491 e. The molecule has 5 heteroatoms. The van der Waals surface area contributed by atoms with Gasteiger partial charge in [0.1, 0.15) is 12.4 Å². The van der Waals surface area contributed by atoms with Crippen LogP contribution < -0.4 is 10.1 Å². The lowest BCUT2D eigenvalue weighted by atomic mass is 9.95. The van der Waals surface area contributed by atoms with Gasteiger partial charge in [-0.05, 0) is 80.0 Å². The average molecular weight is 405 g/mol. The first-order valence-corrected chi connectivity index (χ1v) is 11.0. The Labute approximate surface area is 176 Å². The van der Waals surface area contributed by atoms with Gasteiger partial charge in [0.05, 0.1) is 6.10 Å². The number of fused-ring (bicyclic) bond motifs is 3. The first kappa shape index (κ1) is 19.2. The highest BCUT2D eigenvalue weighted by Crippen LogP contribution is 2.29. The van der Waals surface area contributed by atoms with Gasteiger partial charge in [-0.1, -0.05) is 12.1 Å². The maximum absolute atomic E-state index is 12.7. The molecule has 0 saturated carbocycles. The molecule has 1 aliphatic carbocycles. The molecule has 1 amide bonds. The van der Waals surface area contributed by atoms with Gasteiger partial charge in [-0.25, -0.2) is 0 Å². The number of benzene rings is 2. The average Bonchev–Trinajstić information content (AvgIpc) is 3.44. The summed E-state index contributed by atoms with van der Waals surface area (Å²) in [6.07, 6.45) is 7.08. The van der Waals surface area contributed by atoms with Gasteiger partial charge in [0.25, 0.3) is 5.91 Å². The molecule has 30 heavy (non-hydrogen) atoms. The van der Waals surface area contributed by atoms with Crippen LogP contribution in [0.25, 0.3) is 10.9 Å². The van der Waals surface area contributed by atoms with Crippen molar-refractivity contribution < 1.29 is 14.3 Å². The molecule has 0 radical (unpaired) electrons. The molecule has 1 saturated heterocycles. The SMILES string of the molecule is O=C(NCc1ccc(OCC2CCCO2)cc1)c1ccc2[nH]c3c(c2c1)CCCC3. The van der Waals surface area contributed by atoms with Crippen LogP contribution in [0, 0.1) is 0 Å². The summed E-state index contributed by atoms with van der Waals surface area (Å²) in [5.41, 5.74) is 5.64. The summed E-state index contributed by atoms with van der Waals surface area (Å²) >= 11 is 0. The van der Waals surface area contributed by atoms with E-state index in [-0.39, 0.29) is 12.0 Å². The van der Waals surface area contributed by atoms with Crippen molar-refractivity contribution in [2.75, 3.05) is 13.2 Å². The van der Waals surface area contributed by atoms with Crippen LogP contribution in [0.15, 0.2) is 42.5 Å². The van der Waals surface area contributed by atoms with Crippen molar-refractivity contribution in [2.24, 2.45) is 0 Å². The molecule has 5 rings (SSSR count). The largest absolute Gasteiger partial charge is 0.491 e. The number of ether oxygens (including phenoxy) is 2. The Kier molecular flexibility index (Phi) is 5.45. The molecule has 0 bridgehead atoms. The number of nitrogens with one attached hydrogen (secondary N) is 2. The van der Waals surface area contributed by atoms with E-state index in [1.807, 2.05) is 42.5 Å². The number of carbonyl (C=O) groups excluding carboxylic acids is 1. The van der Waals surface area contributed by atoms with Crippen LogP contribution in [-0.2, 0) is 24.1 Å². The van der Waals surface area contributed by atoms with Crippen LogP contribution in [0.3, 0.4) is 0 Å². The molecule has 2 heterocycles. The van der Waals surface area contributed by atoms with Crippen molar-refractivity contribution in [2.45, 2.75) is 51.2 Å². The number of hydrogen-bond acceptors (Lipinski definition) is 3.